The van der Waals surface area contributed by atoms with Crippen molar-refractivity contribution in [2.45, 2.75) is 68.2 Å². The second-order valence-electron chi connectivity index (χ2n) is 8.67. The number of carbonyl (C=O) groups excluding carboxylic acids is 2. The zero-order chi connectivity index (χ0) is 25.3. The summed E-state index contributed by atoms with van der Waals surface area (Å²) in [4.78, 5) is 62.2. The van der Waals surface area contributed by atoms with Crippen LogP contribution < -0.4 is 16.4 Å². The van der Waals surface area contributed by atoms with E-state index in [0.29, 0.717) is 11.3 Å². The van der Waals surface area contributed by atoms with Gasteiger partial charge in [0.15, 0.2) is 5.16 Å². The van der Waals surface area contributed by atoms with E-state index in [4.69, 9.17) is 0 Å². The highest BCUT2D eigenvalue weighted by atomic mass is 32.2. The van der Waals surface area contributed by atoms with Crippen LogP contribution in [0.5, 0.6) is 0 Å². The first-order chi connectivity index (χ1) is 16.7. The monoisotopic (exact) mass is 525 g/mol. The third kappa shape index (κ3) is 4.91. The molecule has 2 fully saturated rings. The van der Waals surface area contributed by atoms with E-state index in [9.17, 15) is 34.2 Å². The third-order valence-electron chi connectivity index (χ3n) is 6.53. The number of aliphatic carboxylic acids is 1. The number of rotatable bonds is 8. The van der Waals surface area contributed by atoms with Gasteiger partial charge in [-0.25, -0.2) is 9.89 Å². The highest BCUT2D eigenvalue weighted by Crippen LogP contribution is 2.41. The zero-order valence-electron chi connectivity index (χ0n) is 19.1. The second kappa shape index (κ2) is 10.6. The molecule has 0 radical (unpaired) electrons. The number of hydrogen-bond acceptors (Lipinski definition) is 9. The quantitative estimate of drug-likeness (QED) is 0.201. The summed E-state index contributed by atoms with van der Waals surface area (Å²) in [6.07, 6.45) is 3.34. The number of carboxylic acid groups (broad SMARTS) is 1. The van der Waals surface area contributed by atoms with Crippen LogP contribution in [-0.2, 0) is 20.9 Å². The summed E-state index contributed by atoms with van der Waals surface area (Å²) in [6, 6.07) is -0.902. The first-order valence-electron chi connectivity index (χ1n) is 11.4. The second-order valence-corrected chi connectivity index (χ2v) is 10.7. The first kappa shape index (κ1) is 25.5. The highest BCUT2D eigenvalue weighted by Gasteiger charge is 2.54. The molecule has 14 heteroatoms. The number of thioether (sulfide) groups is 2. The summed E-state index contributed by atoms with van der Waals surface area (Å²) >= 11 is 2.41. The lowest BCUT2D eigenvalue weighted by molar-refractivity contribution is -0.152. The Labute approximate surface area is 208 Å². The number of aromatic nitrogens is 3. The number of nitrogens with zero attached hydrogens (tertiary/aromatic N) is 3. The van der Waals surface area contributed by atoms with Crippen molar-refractivity contribution in [3.63, 3.8) is 0 Å². The maximum absolute atomic E-state index is 12.9. The molecule has 1 saturated carbocycles. The van der Waals surface area contributed by atoms with Crippen molar-refractivity contribution in [3.8, 4) is 0 Å². The Morgan fingerprint density at radius 1 is 1.26 bits per heavy atom. The Bertz CT molecular complexity index is 1170. The summed E-state index contributed by atoms with van der Waals surface area (Å²) in [7, 11) is 0. The summed E-state index contributed by atoms with van der Waals surface area (Å²) in [6.45, 7) is 1.91. The molecule has 3 atom stereocenters. The molecular weight excluding hydrogens is 498 g/mol. The SMILES string of the molecule is CCn1c(SCC2=C(C(=O)O)N3C(=O)[C@@H](NC(=O)[C@H](O)C4CCCCC4)[C@H]3SC2)n[nH]c(=O)c1=O. The summed E-state index contributed by atoms with van der Waals surface area (Å²) in [5.74, 6) is -2.11. The van der Waals surface area contributed by atoms with Crippen LogP contribution in [0, 0.1) is 5.92 Å². The van der Waals surface area contributed by atoms with E-state index >= 15 is 0 Å². The van der Waals surface area contributed by atoms with Gasteiger partial charge in [-0.1, -0.05) is 31.0 Å². The molecule has 2 amide bonds. The molecule has 3 aliphatic rings. The van der Waals surface area contributed by atoms with Crippen LogP contribution in [0.2, 0.25) is 0 Å². The molecule has 0 bridgehead atoms. The van der Waals surface area contributed by atoms with Gasteiger partial charge in [0.1, 0.15) is 23.2 Å². The fourth-order valence-electron chi connectivity index (χ4n) is 4.65. The lowest BCUT2D eigenvalue weighted by Gasteiger charge is -2.49. The molecule has 1 saturated heterocycles. The molecule has 2 aliphatic heterocycles. The van der Waals surface area contributed by atoms with Crippen molar-refractivity contribution in [2.24, 2.45) is 5.92 Å². The number of amides is 2. The van der Waals surface area contributed by atoms with Gasteiger partial charge in [-0.2, -0.15) is 0 Å². The molecule has 4 rings (SSSR count). The maximum Gasteiger partial charge on any atom is 0.352 e. The molecule has 0 unspecified atom stereocenters. The Kier molecular flexibility index (Phi) is 7.71. The molecule has 190 valence electrons. The molecular formula is C21H27N5O7S2. The van der Waals surface area contributed by atoms with Crippen LogP contribution in [0.15, 0.2) is 26.0 Å². The van der Waals surface area contributed by atoms with Crippen LogP contribution in [0.1, 0.15) is 39.0 Å². The van der Waals surface area contributed by atoms with Gasteiger partial charge in [0.2, 0.25) is 5.91 Å². The normalized spacial score (nSPS) is 23.5. The average Bonchev–Trinajstić information content (AvgIpc) is 2.87. The molecule has 35 heavy (non-hydrogen) atoms. The van der Waals surface area contributed by atoms with Crippen molar-refractivity contribution in [1.29, 1.82) is 0 Å². The molecule has 12 nitrogen and oxygen atoms in total. The molecule has 0 aromatic carbocycles. The van der Waals surface area contributed by atoms with Gasteiger partial charge in [-0.15, -0.1) is 16.9 Å². The van der Waals surface area contributed by atoms with Gasteiger partial charge in [0.25, 0.3) is 5.91 Å². The molecule has 1 aromatic rings. The molecule has 1 aromatic heterocycles. The van der Waals surface area contributed by atoms with E-state index in [1.807, 2.05) is 0 Å². The van der Waals surface area contributed by atoms with Gasteiger partial charge in [-0.05, 0) is 31.3 Å². The number of aliphatic hydroxyl groups is 1. The van der Waals surface area contributed by atoms with E-state index in [2.05, 4.69) is 15.5 Å². The number of nitrogens with one attached hydrogen (secondary N) is 2. The smallest absolute Gasteiger partial charge is 0.352 e. The summed E-state index contributed by atoms with van der Waals surface area (Å²) < 4.78 is 1.20. The molecule has 1 aliphatic carbocycles. The van der Waals surface area contributed by atoms with Gasteiger partial charge in [0, 0.05) is 18.1 Å². The largest absolute Gasteiger partial charge is 0.477 e. The lowest BCUT2D eigenvalue weighted by Crippen LogP contribution is -2.71. The van der Waals surface area contributed by atoms with Crippen molar-refractivity contribution < 1.29 is 24.6 Å². The van der Waals surface area contributed by atoms with Crippen LogP contribution in [0.3, 0.4) is 0 Å². The lowest BCUT2D eigenvalue weighted by atomic mass is 9.85. The number of H-pyrrole nitrogens is 1. The van der Waals surface area contributed by atoms with Crippen molar-refractivity contribution in [1.82, 2.24) is 25.0 Å². The van der Waals surface area contributed by atoms with Gasteiger partial charge >= 0.3 is 17.1 Å². The summed E-state index contributed by atoms with van der Waals surface area (Å²) in [5.41, 5.74) is -1.28. The van der Waals surface area contributed by atoms with Crippen LogP contribution in [0.25, 0.3) is 0 Å². The Morgan fingerprint density at radius 2 is 1.97 bits per heavy atom. The number of β-lactam (4-membered cyclic amide) rings is 1. The van der Waals surface area contributed by atoms with Crippen LogP contribution in [0.4, 0.5) is 0 Å². The Hall–Kier alpha value is -2.58. The van der Waals surface area contributed by atoms with Crippen molar-refractivity contribution >= 4 is 41.3 Å². The summed E-state index contributed by atoms with van der Waals surface area (Å²) in [5, 5.41) is 28.6. The minimum absolute atomic E-state index is 0.130. The topological polar surface area (TPSA) is 175 Å². The van der Waals surface area contributed by atoms with Gasteiger partial charge < -0.3 is 15.5 Å². The standard InChI is InChI=1S/C21H27N5O7S2/c1-2-25-18(31)16(29)23-24-21(25)35-9-11-8-34-19-12(17(30)26(19)13(11)20(32)33)22-15(28)14(27)10-6-4-3-5-7-10/h10,12,14,19,27H,2-9H2,1H3,(H,22,28)(H,23,29)(H,32,33)/t12-,14-,19-/m1/s1. The minimum atomic E-state index is -1.27. The fourth-order valence-corrected chi connectivity index (χ4v) is 7.15. The number of fused-ring (bicyclic) bond motifs is 1. The Morgan fingerprint density at radius 3 is 2.63 bits per heavy atom. The van der Waals surface area contributed by atoms with Crippen LogP contribution in [-0.4, -0.2) is 76.7 Å². The number of carboxylic acids is 1. The molecule has 4 N–H and O–H groups in total. The average molecular weight is 526 g/mol. The van der Waals surface area contributed by atoms with E-state index < -0.39 is 46.4 Å². The van der Waals surface area contributed by atoms with Gasteiger partial charge in [-0.3, -0.25) is 28.6 Å². The molecule has 3 heterocycles. The Balaban J connectivity index is 1.46. The minimum Gasteiger partial charge on any atom is -0.477 e. The number of carbonyl (C=O) groups is 3. The number of aliphatic hydroxyl groups excluding tert-OH is 1. The van der Waals surface area contributed by atoms with E-state index in [-0.39, 0.29) is 29.1 Å². The maximum atomic E-state index is 12.9. The van der Waals surface area contributed by atoms with Crippen molar-refractivity contribution in [2.75, 3.05) is 11.5 Å². The van der Waals surface area contributed by atoms with E-state index in [1.165, 1.54) is 16.3 Å². The van der Waals surface area contributed by atoms with Gasteiger partial charge in [0.05, 0.1) is 0 Å². The first-order valence-corrected chi connectivity index (χ1v) is 13.5. The molecule has 0 spiro atoms. The third-order valence-corrected chi connectivity index (χ3v) is 8.93. The predicted octanol–water partition coefficient (Wildman–Crippen LogP) is -0.277. The zero-order valence-corrected chi connectivity index (χ0v) is 20.7. The highest BCUT2D eigenvalue weighted by molar-refractivity contribution is 8.01. The predicted molar refractivity (Wildman–Crippen MR) is 128 cm³/mol. The van der Waals surface area contributed by atoms with E-state index in [0.717, 1.165) is 48.8 Å². The fraction of sp³-hybridized carbons (Fsp3) is 0.619. The number of hydrogen-bond donors (Lipinski definition) is 4. The van der Waals surface area contributed by atoms with E-state index in [1.54, 1.807) is 6.92 Å². The van der Waals surface area contributed by atoms with Crippen molar-refractivity contribution in [3.05, 3.63) is 32.0 Å². The van der Waals surface area contributed by atoms with Crippen LogP contribution >= 0.6 is 23.5 Å². The number of aromatic amines is 1.